The number of aryl methyl sites for hydroxylation is 1. The highest BCUT2D eigenvalue weighted by atomic mass is 35.5. The van der Waals surface area contributed by atoms with Crippen LogP contribution in [0.1, 0.15) is 5.56 Å². The zero-order valence-electron chi connectivity index (χ0n) is 11.7. The summed E-state index contributed by atoms with van der Waals surface area (Å²) in [5.41, 5.74) is 0.207. The van der Waals surface area contributed by atoms with Crippen LogP contribution in [0.25, 0.3) is 0 Å². The molecule has 0 atom stereocenters. The molecule has 1 aliphatic rings. The Bertz CT molecular complexity index is 871. The van der Waals surface area contributed by atoms with Gasteiger partial charge in [0, 0.05) is 0 Å². The Balaban J connectivity index is 2.70. The number of rotatable bonds is 2. The van der Waals surface area contributed by atoms with Crippen LogP contribution in [-0.2, 0) is 14.8 Å². The maximum absolute atomic E-state index is 12.4. The van der Waals surface area contributed by atoms with E-state index >= 15 is 0 Å². The topological polar surface area (TPSA) is 63.6 Å². The monoisotopic (exact) mass is 467 g/mol. The van der Waals surface area contributed by atoms with Crippen molar-refractivity contribution in [2.75, 3.05) is 0 Å². The third-order valence-electron chi connectivity index (χ3n) is 3.11. The van der Waals surface area contributed by atoms with Gasteiger partial charge in [-0.05, 0) is 19.1 Å². The summed E-state index contributed by atoms with van der Waals surface area (Å²) in [6.07, 6.45) is 0. The maximum Gasteiger partial charge on any atom is 0.282 e. The standard InChI is InChI=1S/C13H7Cl6NO3S/c1-6-2-4-7(5-3-6)24(22,23)20-10-8(14)9(15)11(21)13(18,19)12(10,16)17/h2-5H,1H3/b20-10-. The summed E-state index contributed by atoms with van der Waals surface area (Å²) in [7, 11) is -4.26. The third-order valence-corrected chi connectivity index (χ3v) is 7.45. The van der Waals surface area contributed by atoms with Crippen molar-refractivity contribution < 1.29 is 13.2 Å². The number of alkyl halides is 4. The number of hydrogen-bond acceptors (Lipinski definition) is 3. The zero-order valence-corrected chi connectivity index (χ0v) is 17.0. The normalized spacial score (nSPS) is 22.1. The highest BCUT2D eigenvalue weighted by molar-refractivity contribution is 7.90. The van der Waals surface area contributed by atoms with Gasteiger partial charge in [-0.3, -0.25) is 4.79 Å². The Kier molecular flexibility index (Phi) is 5.60. The molecule has 0 saturated carbocycles. The van der Waals surface area contributed by atoms with Crippen molar-refractivity contribution >= 4 is 91.1 Å². The van der Waals surface area contributed by atoms with E-state index in [1.54, 1.807) is 19.1 Å². The molecule has 0 saturated heterocycles. The lowest BCUT2D eigenvalue weighted by atomic mass is 10.0. The summed E-state index contributed by atoms with van der Waals surface area (Å²) in [6.45, 7) is 1.78. The highest BCUT2D eigenvalue weighted by Crippen LogP contribution is 2.52. The molecule has 0 N–H and O–H groups in total. The van der Waals surface area contributed by atoms with Gasteiger partial charge in [0.2, 0.25) is 14.4 Å². The lowest BCUT2D eigenvalue weighted by molar-refractivity contribution is -0.115. The fourth-order valence-electron chi connectivity index (χ4n) is 1.75. The SMILES string of the molecule is Cc1ccc(S(=O)(=O)/N=C2/C(Cl)=C(Cl)C(=O)C(Cl)(Cl)C2(Cl)Cl)cc1. The summed E-state index contributed by atoms with van der Waals surface area (Å²) in [4.78, 5) is 11.8. The van der Waals surface area contributed by atoms with Crippen LogP contribution in [0.2, 0.25) is 0 Å². The number of carbonyl (C=O) groups is 1. The Morgan fingerprint density at radius 2 is 1.42 bits per heavy atom. The molecule has 2 rings (SSSR count). The minimum atomic E-state index is -4.26. The molecule has 24 heavy (non-hydrogen) atoms. The molecule has 1 aliphatic carbocycles. The van der Waals surface area contributed by atoms with E-state index in [4.69, 9.17) is 69.6 Å². The van der Waals surface area contributed by atoms with Crippen molar-refractivity contribution in [3.8, 4) is 0 Å². The number of carbonyl (C=O) groups excluding carboxylic acids is 1. The number of hydrogen-bond donors (Lipinski definition) is 0. The molecule has 0 unspecified atom stereocenters. The second-order valence-corrected chi connectivity index (χ2v) is 9.85. The average Bonchev–Trinajstić information content (AvgIpc) is 2.49. The van der Waals surface area contributed by atoms with Gasteiger partial charge < -0.3 is 0 Å². The summed E-state index contributed by atoms with van der Waals surface area (Å²) >= 11 is 35.4. The summed E-state index contributed by atoms with van der Waals surface area (Å²) in [6, 6.07) is 5.81. The fourth-order valence-corrected chi connectivity index (χ4v) is 4.46. The molecular weight excluding hydrogens is 463 g/mol. The predicted octanol–water partition coefficient (Wildman–Crippen LogP) is 4.74. The number of benzene rings is 1. The molecule has 0 spiro atoms. The third kappa shape index (κ3) is 3.32. The van der Waals surface area contributed by atoms with Crippen molar-refractivity contribution in [3.63, 3.8) is 0 Å². The van der Waals surface area contributed by atoms with Gasteiger partial charge in [0.25, 0.3) is 10.0 Å². The smallest absolute Gasteiger partial charge is 0.282 e. The van der Waals surface area contributed by atoms with E-state index in [1.807, 2.05) is 0 Å². The highest BCUT2D eigenvalue weighted by Gasteiger charge is 2.61. The molecule has 0 amide bonds. The van der Waals surface area contributed by atoms with Gasteiger partial charge >= 0.3 is 0 Å². The van der Waals surface area contributed by atoms with E-state index < -0.39 is 40.2 Å². The molecular formula is C13H7Cl6NO3S. The number of Topliss-reactive ketones (excluding diaryl/α,β-unsaturated/α-hetero) is 1. The second-order valence-electron chi connectivity index (χ2n) is 4.83. The molecule has 0 aromatic heterocycles. The zero-order chi connectivity index (χ0) is 18.5. The quantitative estimate of drug-likeness (QED) is 0.587. The van der Waals surface area contributed by atoms with Gasteiger partial charge in [-0.2, -0.15) is 12.8 Å². The van der Waals surface area contributed by atoms with Gasteiger partial charge in [0.05, 0.1) is 9.93 Å². The van der Waals surface area contributed by atoms with Crippen LogP contribution in [-0.4, -0.2) is 28.6 Å². The molecule has 0 radical (unpaired) electrons. The first-order chi connectivity index (χ1) is 10.8. The Hall–Kier alpha value is -0.0100. The summed E-state index contributed by atoms with van der Waals surface area (Å²) in [5, 5.41) is -1.16. The van der Waals surface area contributed by atoms with Gasteiger partial charge in [0.15, 0.2) is 0 Å². The lowest BCUT2D eigenvalue weighted by Crippen LogP contribution is -2.53. The summed E-state index contributed by atoms with van der Waals surface area (Å²) < 4.78 is 23.5. The average molecular weight is 470 g/mol. The molecule has 4 nitrogen and oxygen atoms in total. The van der Waals surface area contributed by atoms with Crippen molar-refractivity contribution in [1.29, 1.82) is 0 Å². The van der Waals surface area contributed by atoms with Gasteiger partial charge in [-0.25, -0.2) is 0 Å². The minimum absolute atomic E-state index is 0.142. The Morgan fingerprint density at radius 1 is 0.917 bits per heavy atom. The fraction of sp³-hybridized carbons (Fsp3) is 0.231. The number of ketones is 1. The van der Waals surface area contributed by atoms with Crippen LogP contribution in [0.5, 0.6) is 0 Å². The van der Waals surface area contributed by atoms with E-state index in [-0.39, 0.29) is 4.90 Å². The molecule has 0 bridgehead atoms. The van der Waals surface area contributed by atoms with Crippen LogP contribution in [0.15, 0.2) is 43.6 Å². The summed E-state index contributed by atoms with van der Waals surface area (Å²) in [5.74, 6) is -1.06. The molecule has 1 aromatic rings. The van der Waals surface area contributed by atoms with Crippen molar-refractivity contribution in [3.05, 3.63) is 39.9 Å². The lowest BCUT2D eigenvalue weighted by Gasteiger charge is -2.35. The number of nitrogens with zero attached hydrogens (tertiary/aromatic N) is 1. The van der Waals surface area contributed by atoms with Crippen LogP contribution >= 0.6 is 69.6 Å². The molecule has 1 aromatic carbocycles. The number of sulfonamides is 1. The second kappa shape index (κ2) is 6.62. The van der Waals surface area contributed by atoms with Gasteiger partial charge in [-0.15, -0.1) is 0 Å². The van der Waals surface area contributed by atoms with Crippen molar-refractivity contribution in [1.82, 2.24) is 0 Å². The van der Waals surface area contributed by atoms with E-state index in [0.29, 0.717) is 0 Å². The molecule has 0 heterocycles. The van der Waals surface area contributed by atoms with Crippen LogP contribution in [0.3, 0.4) is 0 Å². The Morgan fingerprint density at radius 3 is 1.92 bits per heavy atom. The van der Waals surface area contributed by atoms with E-state index in [2.05, 4.69) is 4.40 Å². The molecule has 11 heteroatoms. The van der Waals surface area contributed by atoms with Crippen molar-refractivity contribution in [2.45, 2.75) is 20.5 Å². The first-order valence-electron chi connectivity index (χ1n) is 6.10. The number of halogens is 6. The van der Waals surface area contributed by atoms with Crippen LogP contribution in [0, 0.1) is 6.92 Å². The van der Waals surface area contributed by atoms with Gasteiger partial charge in [0.1, 0.15) is 10.7 Å². The van der Waals surface area contributed by atoms with Crippen molar-refractivity contribution in [2.24, 2.45) is 4.40 Å². The first kappa shape index (κ1) is 20.3. The van der Waals surface area contributed by atoms with Gasteiger partial charge in [-0.1, -0.05) is 87.3 Å². The first-order valence-corrected chi connectivity index (χ1v) is 9.81. The molecule has 0 aliphatic heterocycles. The van der Waals surface area contributed by atoms with Crippen LogP contribution < -0.4 is 0 Å². The van der Waals surface area contributed by atoms with E-state index in [1.165, 1.54) is 12.1 Å². The predicted molar refractivity (Wildman–Crippen MR) is 98.4 cm³/mol. The van der Waals surface area contributed by atoms with Crippen LogP contribution in [0.4, 0.5) is 0 Å². The minimum Gasteiger partial charge on any atom is -0.290 e. The Labute approximate surface area is 168 Å². The maximum atomic E-state index is 12.4. The molecule has 0 fully saturated rings. The largest absolute Gasteiger partial charge is 0.290 e. The molecule has 130 valence electrons. The number of allylic oxidation sites excluding steroid dienone is 2. The van der Waals surface area contributed by atoms with E-state index in [0.717, 1.165) is 5.56 Å². The van der Waals surface area contributed by atoms with E-state index in [9.17, 15) is 13.2 Å².